The molecule has 0 amide bonds. The summed E-state index contributed by atoms with van der Waals surface area (Å²) in [5.74, 6) is 1.60. The Kier molecular flexibility index (Phi) is 5.37. The van der Waals surface area contributed by atoms with E-state index in [1.807, 2.05) is 7.05 Å². The van der Waals surface area contributed by atoms with Crippen molar-refractivity contribution in [3.63, 3.8) is 0 Å². The van der Waals surface area contributed by atoms with Crippen LogP contribution in [0.5, 0.6) is 0 Å². The molecular formula is C12H24N2S. The van der Waals surface area contributed by atoms with Gasteiger partial charge in [-0.05, 0) is 36.9 Å². The summed E-state index contributed by atoms with van der Waals surface area (Å²) in [4.78, 5) is 0. The van der Waals surface area contributed by atoms with Gasteiger partial charge in [-0.25, -0.2) is 0 Å². The predicted molar refractivity (Wildman–Crippen MR) is 70.0 cm³/mol. The first kappa shape index (κ1) is 12.8. The van der Waals surface area contributed by atoms with E-state index in [2.05, 4.69) is 24.5 Å². The Labute approximate surface area is 99.2 Å². The van der Waals surface area contributed by atoms with Crippen LogP contribution in [0.25, 0.3) is 0 Å². The molecule has 0 spiro atoms. The number of thiocarbonyl (C=S) groups is 1. The van der Waals surface area contributed by atoms with Crippen molar-refractivity contribution < 1.29 is 0 Å². The van der Waals surface area contributed by atoms with Gasteiger partial charge in [0.25, 0.3) is 0 Å². The molecule has 0 bridgehead atoms. The van der Waals surface area contributed by atoms with Crippen molar-refractivity contribution in [1.29, 1.82) is 0 Å². The van der Waals surface area contributed by atoms with Gasteiger partial charge in [0.2, 0.25) is 0 Å². The van der Waals surface area contributed by atoms with E-state index in [1.165, 1.54) is 32.1 Å². The Bertz CT molecular complexity index is 194. The van der Waals surface area contributed by atoms with Crippen LogP contribution >= 0.6 is 12.2 Å². The smallest absolute Gasteiger partial charge is 0.166 e. The molecule has 0 radical (unpaired) electrons. The van der Waals surface area contributed by atoms with Crippen LogP contribution in [-0.2, 0) is 0 Å². The van der Waals surface area contributed by atoms with Crippen molar-refractivity contribution in [1.82, 2.24) is 10.6 Å². The van der Waals surface area contributed by atoms with E-state index in [1.54, 1.807) is 0 Å². The number of rotatable bonds is 3. The Morgan fingerprint density at radius 2 is 1.73 bits per heavy atom. The summed E-state index contributed by atoms with van der Waals surface area (Å²) < 4.78 is 0. The predicted octanol–water partition coefficient (Wildman–Crippen LogP) is 2.69. The number of hydrogen-bond acceptors (Lipinski definition) is 1. The van der Waals surface area contributed by atoms with Crippen LogP contribution in [0, 0.1) is 11.8 Å². The molecule has 0 aliphatic heterocycles. The first-order valence-electron chi connectivity index (χ1n) is 6.21. The fourth-order valence-corrected chi connectivity index (χ4v) is 2.90. The zero-order valence-electron chi connectivity index (χ0n) is 10.2. The van der Waals surface area contributed by atoms with Gasteiger partial charge < -0.3 is 10.6 Å². The molecule has 1 rings (SSSR count). The second-order valence-electron chi connectivity index (χ2n) is 4.52. The van der Waals surface area contributed by atoms with Crippen LogP contribution in [0.4, 0.5) is 0 Å². The highest BCUT2D eigenvalue weighted by molar-refractivity contribution is 7.80. The van der Waals surface area contributed by atoms with E-state index in [0.29, 0.717) is 6.04 Å². The minimum absolute atomic E-state index is 0.591. The summed E-state index contributed by atoms with van der Waals surface area (Å²) >= 11 is 5.22. The summed E-state index contributed by atoms with van der Waals surface area (Å²) in [5.41, 5.74) is 0. The fourth-order valence-electron chi connectivity index (χ4n) is 2.76. The summed E-state index contributed by atoms with van der Waals surface area (Å²) in [6.07, 6.45) is 6.64. The van der Waals surface area contributed by atoms with Crippen molar-refractivity contribution in [2.45, 2.75) is 52.0 Å². The maximum atomic E-state index is 5.22. The normalized spacial score (nSPS) is 31.0. The summed E-state index contributed by atoms with van der Waals surface area (Å²) in [5, 5.41) is 7.32. The van der Waals surface area contributed by atoms with Gasteiger partial charge >= 0.3 is 0 Å². The van der Waals surface area contributed by atoms with E-state index in [-0.39, 0.29) is 0 Å². The maximum absolute atomic E-state index is 5.22. The molecule has 2 N–H and O–H groups in total. The Morgan fingerprint density at radius 1 is 1.20 bits per heavy atom. The van der Waals surface area contributed by atoms with Crippen molar-refractivity contribution in [3.05, 3.63) is 0 Å². The van der Waals surface area contributed by atoms with Gasteiger partial charge in [0.15, 0.2) is 5.11 Å². The van der Waals surface area contributed by atoms with E-state index in [4.69, 9.17) is 12.2 Å². The largest absolute Gasteiger partial charge is 0.366 e. The van der Waals surface area contributed by atoms with Crippen LogP contribution in [0.1, 0.15) is 46.0 Å². The molecule has 88 valence electrons. The van der Waals surface area contributed by atoms with Gasteiger partial charge in [0.1, 0.15) is 0 Å². The highest BCUT2D eigenvalue weighted by Gasteiger charge is 2.31. The highest BCUT2D eigenvalue weighted by atomic mass is 32.1. The van der Waals surface area contributed by atoms with E-state index >= 15 is 0 Å². The monoisotopic (exact) mass is 228 g/mol. The molecule has 0 aromatic rings. The molecule has 15 heavy (non-hydrogen) atoms. The molecule has 1 aliphatic rings. The van der Waals surface area contributed by atoms with Crippen LogP contribution in [-0.4, -0.2) is 18.2 Å². The standard InChI is InChI=1S/C12H24N2S/c1-4-9-7-6-8-10(5-2)11(9)14-12(15)13-3/h9-11H,4-8H2,1-3H3,(H2,13,14,15). The third-order valence-corrected chi connectivity index (χ3v) is 4.06. The molecule has 3 heteroatoms. The zero-order chi connectivity index (χ0) is 11.3. The van der Waals surface area contributed by atoms with Crippen LogP contribution in [0.15, 0.2) is 0 Å². The van der Waals surface area contributed by atoms with Gasteiger partial charge in [-0.1, -0.05) is 33.1 Å². The molecule has 2 nitrogen and oxygen atoms in total. The third-order valence-electron chi connectivity index (χ3n) is 3.74. The van der Waals surface area contributed by atoms with Gasteiger partial charge in [-0.3, -0.25) is 0 Å². The van der Waals surface area contributed by atoms with Crippen molar-refractivity contribution in [2.75, 3.05) is 7.05 Å². The molecule has 1 aliphatic carbocycles. The van der Waals surface area contributed by atoms with Gasteiger partial charge in [0, 0.05) is 13.1 Å². The van der Waals surface area contributed by atoms with Gasteiger partial charge in [0.05, 0.1) is 0 Å². The topological polar surface area (TPSA) is 24.1 Å². The van der Waals surface area contributed by atoms with Crippen molar-refractivity contribution in [3.8, 4) is 0 Å². The SMILES string of the molecule is CCC1CCCC(CC)C1NC(=S)NC. The van der Waals surface area contributed by atoms with Crippen molar-refractivity contribution >= 4 is 17.3 Å². The minimum atomic E-state index is 0.591. The van der Waals surface area contributed by atoms with Crippen LogP contribution in [0.2, 0.25) is 0 Å². The lowest BCUT2D eigenvalue weighted by atomic mass is 9.74. The average Bonchev–Trinajstić information content (AvgIpc) is 2.29. The van der Waals surface area contributed by atoms with E-state index < -0.39 is 0 Å². The molecule has 2 unspecified atom stereocenters. The van der Waals surface area contributed by atoms with Crippen LogP contribution < -0.4 is 10.6 Å². The first-order chi connectivity index (χ1) is 7.22. The van der Waals surface area contributed by atoms with E-state index in [9.17, 15) is 0 Å². The lowest BCUT2D eigenvalue weighted by Crippen LogP contribution is -2.49. The molecule has 1 saturated carbocycles. The lowest BCUT2D eigenvalue weighted by molar-refractivity contribution is 0.193. The molecular weight excluding hydrogens is 204 g/mol. The molecule has 1 fully saturated rings. The zero-order valence-corrected chi connectivity index (χ0v) is 11.0. The molecule has 0 aromatic carbocycles. The highest BCUT2D eigenvalue weighted by Crippen LogP contribution is 2.33. The number of hydrogen-bond donors (Lipinski definition) is 2. The summed E-state index contributed by atoms with van der Waals surface area (Å²) in [7, 11) is 1.89. The fraction of sp³-hybridized carbons (Fsp3) is 0.917. The number of nitrogens with one attached hydrogen (secondary N) is 2. The quantitative estimate of drug-likeness (QED) is 0.726. The summed E-state index contributed by atoms with van der Waals surface area (Å²) in [6.45, 7) is 4.58. The Morgan fingerprint density at radius 3 is 2.13 bits per heavy atom. The Balaban J connectivity index is 2.61. The van der Waals surface area contributed by atoms with Gasteiger partial charge in [-0.2, -0.15) is 0 Å². The molecule has 0 saturated heterocycles. The lowest BCUT2D eigenvalue weighted by Gasteiger charge is -2.38. The minimum Gasteiger partial charge on any atom is -0.366 e. The first-order valence-corrected chi connectivity index (χ1v) is 6.61. The van der Waals surface area contributed by atoms with Crippen LogP contribution in [0.3, 0.4) is 0 Å². The van der Waals surface area contributed by atoms with E-state index in [0.717, 1.165) is 16.9 Å². The molecule has 0 aromatic heterocycles. The molecule has 0 heterocycles. The maximum Gasteiger partial charge on any atom is 0.166 e. The van der Waals surface area contributed by atoms with Crippen molar-refractivity contribution in [2.24, 2.45) is 11.8 Å². The average molecular weight is 228 g/mol. The second kappa shape index (κ2) is 6.31. The van der Waals surface area contributed by atoms with Gasteiger partial charge in [-0.15, -0.1) is 0 Å². The Hall–Kier alpha value is -0.310. The summed E-state index contributed by atoms with van der Waals surface area (Å²) in [6, 6.07) is 0.591. The third kappa shape index (κ3) is 3.33. The molecule has 2 atom stereocenters. The second-order valence-corrected chi connectivity index (χ2v) is 4.93.